The first kappa shape index (κ1) is 28.5. The second kappa shape index (κ2) is 11.3. The van der Waals surface area contributed by atoms with E-state index in [0.717, 1.165) is 37.9 Å². The van der Waals surface area contributed by atoms with E-state index < -0.39 is 0 Å². The molecular weight excluding hydrogens is 458 g/mol. The molecule has 0 bridgehead atoms. The van der Waals surface area contributed by atoms with Crippen molar-refractivity contribution >= 4 is 11.1 Å². The van der Waals surface area contributed by atoms with Gasteiger partial charge in [0.15, 0.2) is 0 Å². The number of allylic oxidation sites excluding steroid dienone is 7. The lowest BCUT2D eigenvalue weighted by Gasteiger charge is -2.54. The van der Waals surface area contributed by atoms with Crippen molar-refractivity contribution in [2.75, 3.05) is 13.1 Å². The molecule has 38 heavy (non-hydrogen) atoms. The van der Waals surface area contributed by atoms with Gasteiger partial charge in [0.2, 0.25) is 0 Å². The molecule has 3 aliphatic rings. The summed E-state index contributed by atoms with van der Waals surface area (Å²) in [6, 6.07) is 9.08. The van der Waals surface area contributed by atoms with Crippen molar-refractivity contribution in [3.63, 3.8) is 0 Å². The Morgan fingerprint density at radius 1 is 0.947 bits per heavy atom. The van der Waals surface area contributed by atoms with E-state index in [0.29, 0.717) is 0 Å². The maximum Gasteiger partial charge on any atom is 0.0360 e. The van der Waals surface area contributed by atoms with E-state index in [1.165, 1.54) is 60.1 Å². The Bertz CT molecular complexity index is 1160. The van der Waals surface area contributed by atoms with Crippen molar-refractivity contribution in [3.05, 3.63) is 95.8 Å². The molecule has 1 aromatic rings. The van der Waals surface area contributed by atoms with Crippen LogP contribution in [0.3, 0.4) is 0 Å². The van der Waals surface area contributed by atoms with Crippen LogP contribution in [0.25, 0.3) is 11.1 Å². The largest absolute Gasteiger partial charge is 0.370 e. The van der Waals surface area contributed by atoms with Crippen molar-refractivity contribution in [1.82, 2.24) is 4.90 Å². The van der Waals surface area contributed by atoms with Gasteiger partial charge in [-0.2, -0.15) is 0 Å². The minimum atomic E-state index is 0.0454. The van der Waals surface area contributed by atoms with Crippen LogP contribution >= 0.6 is 0 Å². The second-order valence-corrected chi connectivity index (χ2v) is 12.6. The Morgan fingerprint density at radius 2 is 1.63 bits per heavy atom. The zero-order chi connectivity index (χ0) is 27.6. The molecule has 0 saturated heterocycles. The summed E-state index contributed by atoms with van der Waals surface area (Å²) in [5, 5.41) is 0. The lowest BCUT2D eigenvalue weighted by atomic mass is 9.56. The first-order valence-electron chi connectivity index (χ1n) is 15.1. The smallest absolute Gasteiger partial charge is 0.0360 e. The average Bonchev–Trinajstić information content (AvgIpc) is 2.92. The highest BCUT2D eigenvalue weighted by atomic mass is 15.2. The fourth-order valence-electron chi connectivity index (χ4n) is 7.73. The molecule has 204 valence electrons. The highest BCUT2D eigenvalue weighted by molar-refractivity contribution is 5.76. The fraction of sp³-hybridized carbons (Fsp3) is 0.514. The maximum atomic E-state index is 4.87. The summed E-state index contributed by atoms with van der Waals surface area (Å²) in [6.07, 6.45) is 21.7. The van der Waals surface area contributed by atoms with Gasteiger partial charge in [-0.15, -0.1) is 0 Å². The molecule has 2 aliphatic carbocycles. The summed E-state index contributed by atoms with van der Waals surface area (Å²) in [5.74, 6) is 0. The van der Waals surface area contributed by atoms with Gasteiger partial charge in [-0.05, 0) is 67.7 Å². The quantitative estimate of drug-likeness (QED) is 0.283. The van der Waals surface area contributed by atoms with Crippen molar-refractivity contribution in [1.29, 1.82) is 0 Å². The number of benzene rings is 1. The Hall–Kier alpha value is -2.54. The topological polar surface area (TPSA) is 3.24 Å². The van der Waals surface area contributed by atoms with Crippen LogP contribution in [0, 0.1) is 16.2 Å². The summed E-state index contributed by atoms with van der Waals surface area (Å²) < 4.78 is 0. The monoisotopic (exact) mass is 509 g/mol. The summed E-state index contributed by atoms with van der Waals surface area (Å²) in [5.41, 5.74) is 9.91. The van der Waals surface area contributed by atoms with Gasteiger partial charge < -0.3 is 4.90 Å². The molecule has 1 heteroatoms. The normalized spacial score (nSPS) is 25.3. The molecule has 0 spiro atoms. The van der Waals surface area contributed by atoms with Crippen LogP contribution in [0.1, 0.15) is 104 Å². The maximum absolute atomic E-state index is 4.87. The first-order valence-corrected chi connectivity index (χ1v) is 15.1. The fourth-order valence-corrected chi connectivity index (χ4v) is 7.73. The van der Waals surface area contributed by atoms with E-state index in [4.69, 9.17) is 6.58 Å². The van der Waals surface area contributed by atoms with Crippen LogP contribution < -0.4 is 0 Å². The Morgan fingerprint density at radius 3 is 2.18 bits per heavy atom. The summed E-state index contributed by atoms with van der Waals surface area (Å²) >= 11 is 0. The molecule has 1 aromatic carbocycles. The standard InChI is InChI=1S/C37H51N/c1-9-23-37(24-10-2,32-15-13-12-14-16-32)29(6)38-26-22-34-35(7,27-38)25-21-33(36(34,8)11-3)31-19-17-30(18-20-31)28(4)5/h13,15-22H,4,6,9-12,14,23-27H2,1-3,5,7-8H3. The SMILES string of the molecule is C=C(C)c1ccc(C2=CCC3(C)CN(C(=C)C(CCC)(CCC)C4=CCCC=C4)CC=C3C2(C)CC)cc1. The average molecular weight is 510 g/mol. The Kier molecular flexibility index (Phi) is 8.46. The number of hydrogen-bond acceptors (Lipinski definition) is 1. The van der Waals surface area contributed by atoms with Crippen molar-refractivity contribution < 1.29 is 0 Å². The van der Waals surface area contributed by atoms with E-state index in [-0.39, 0.29) is 16.2 Å². The third kappa shape index (κ3) is 4.94. The van der Waals surface area contributed by atoms with Gasteiger partial charge in [-0.3, -0.25) is 0 Å². The van der Waals surface area contributed by atoms with Gasteiger partial charge in [0, 0.05) is 35.0 Å². The zero-order valence-electron chi connectivity index (χ0n) is 25.1. The number of fused-ring (bicyclic) bond motifs is 1. The van der Waals surface area contributed by atoms with Crippen LogP contribution in [-0.2, 0) is 0 Å². The predicted molar refractivity (Wildman–Crippen MR) is 168 cm³/mol. The molecule has 0 amide bonds. The zero-order valence-corrected chi connectivity index (χ0v) is 25.1. The molecule has 0 aromatic heterocycles. The van der Waals surface area contributed by atoms with Gasteiger partial charge in [0.1, 0.15) is 0 Å². The van der Waals surface area contributed by atoms with Crippen molar-refractivity contribution in [2.45, 2.75) is 92.9 Å². The molecule has 4 rings (SSSR count). The number of rotatable bonds is 10. The third-order valence-electron chi connectivity index (χ3n) is 9.88. The molecule has 2 atom stereocenters. The van der Waals surface area contributed by atoms with Gasteiger partial charge in [-0.1, -0.05) is 126 Å². The van der Waals surface area contributed by atoms with Crippen molar-refractivity contribution in [2.24, 2.45) is 16.2 Å². The lowest BCUT2D eigenvalue weighted by Crippen LogP contribution is -2.49. The van der Waals surface area contributed by atoms with Crippen LogP contribution in [0.2, 0.25) is 0 Å². The predicted octanol–water partition coefficient (Wildman–Crippen LogP) is 10.5. The van der Waals surface area contributed by atoms with E-state index in [9.17, 15) is 0 Å². The van der Waals surface area contributed by atoms with Crippen LogP contribution in [0.4, 0.5) is 0 Å². The summed E-state index contributed by atoms with van der Waals surface area (Å²) in [7, 11) is 0. The highest BCUT2D eigenvalue weighted by Crippen LogP contribution is 2.58. The van der Waals surface area contributed by atoms with Crippen molar-refractivity contribution in [3.8, 4) is 0 Å². The van der Waals surface area contributed by atoms with E-state index in [1.807, 2.05) is 0 Å². The van der Waals surface area contributed by atoms with Gasteiger partial charge in [0.25, 0.3) is 0 Å². The lowest BCUT2D eigenvalue weighted by molar-refractivity contribution is 0.157. The van der Waals surface area contributed by atoms with Crippen LogP contribution in [0.5, 0.6) is 0 Å². The van der Waals surface area contributed by atoms with Gasteiger partial charge in [0.05, 0.1) is 0 Å². The van der Waals surface area contributed by atoms with Gasteiger partial charge >= 0.3 is 0 Å². The van der Waals surface area contributed by atoms with Crippen LogP contribution in [-0.4, -0.2) is 18.0 Å². The Labute approximate surface area is 233 Å². The third-order valence-corrected chi connectivity index (χ3v) is 9.88. The van der Waals surface area contributed by atoms with E-state index in [1.54, 1.807) is 5.57 Å². The summed E-state index contributed by atoms with van der Waals surface area (Å²) in [4.78, 5) is 2.65. The molecule has 1 aliphatic heterocycles. The number of nitrogens with zero attached hydrogens (tertiary/aromatic N) is 1. The molecule has 1 heterocycles. The first-order chi connectivity index (χ1) is 18.1. The molecule has 2 unspecified atom stereocenters. The minimum Gasteiger partial charge on any atom is -0.370 e. The van der Waals surface area contributed by atoms with E-state index >= 15 is 0 Å². The molecular formula is C37H51N. The molecule has 1 nitrogen and oxygen atoms in total. The van der Waals surface area contributed by atoms with Crippen LogP contribution in [0.15, 0.2) is 84.6 Å². The molecule has 0 N–H and O–H groups in total. The van der Waals surface area contributed by atoms with E-state index in [2.05, 4.69) is 108 Å². The second-order valence-electron chi connectivity index (χ2n) is 12.6. The Balaban J connectivity index is 1.68. The molecule has 0 radical (unpaired) electrons. The minimum absolute atomic E-state index is 0.0454. The highest BCUT2D eigenvalue weighted by Gasteiger charge is 2.49. The van der Waals surface area contributed by atoms with Gasteiger partial charge in [-0.25, -0.2) is 0 Å². The summed E-state index contributed by atoms with van der Waals surface area (Å²) in [6.45, 7) is 25.1. The number of hydrogen-bond donors (Lipinski definition) is 0. The molecule has 0 fully saturated rings. The molecule has 0 saturated carbocycles.